The van der Waals surface area contributed by atoms with Crippen LogP contribution in [0.2, 0.25) is 0 Å². The Labute approximate surface area is 146 Å². The summed E-state index contributed by atoms with van der Waals surface area (Å²) >= 11 is 0. The maximum Gasteiger partial charge on any atom is 0.308 e. The van der Waals surface area contributed by atoms with Crippen LogP contribution in [0.15, 0.2) is 42.5 Å². The quantitative estimate of drug-likeness (QED) is 0.701. The summed E-state index contributed by atoms with van der Waals surface area (Å²) in [6.45, 7) is 5.83. The van der Waals surface area contributed by atoms with E-state index in [4.69, 9.17) is 4.74 Å². The van der Waals surface area contributed by atoms with Crippen molar-refractivity contribution < 1.29 is 19.7 Å². The van der Waals surface area contributed by atoms with Crippen LogP contribution in [-0.4, -0.2) is 20.7 Å². The highest BCUT2D eigenvalue weighted by atomic mass is 16.5. The molecular formula is C20H21NO4. The van der Waals surface area contributed by atoms with Crippen LogP contribution in [-0.2, 0) is 11.3 Å². The Morgan fingerprint density at radius 3 is 2.52 bits per heavy atom. The first kappa shape index (κ1) is 16.9. The van der Waals surface area contributed by atoms with Crippen LogP contribution in [0.4, 0.5) is 0 Å². The van der Waals surface area contributed by atoms with Gasteiger partial charge < -0.3 is 19.5 Å². The highest BCUT2D eigenvalue weighted by Gasteiger charge is 2.23. The Kier molecular flexibility index (Phi) is 4.40. The first-order chi connectivity index (χ1) is 11.9. The van der Waals surface area contributed by atoms with Crippen molar-refractivity contribution in [1.29, 1.82) is 0 Å². The third kappa shape index (κ3) is 3.18. The first-order valence-electron chi connectivity index (χ1n) is 8.19. The molecule has 5 heteroatoms. The second-order valence-corrected chi connectivity index (χ2v) is 6.38. The number of carbonyl (C=O) groups excluding carboxylic acids is 1. The number of phenols is 2. The van der Waals surface area contributed by atoms with Crippen molar-refractivity contribution >= 4 is 16.9 Å². The summed E-state index contributed by atoms with van der Waals surface area (Å²) in [4.78, 5) is 11.6. The molecule has 0 radical (unpaired) electrons. The van der Waals surface area contributed by atoms with Crippen molar-refractivity contribution in [3.05, 3.63) is 53.7 Å². The molecule has 0 unspecified atom stereocenters. The molecule has 2 aromatic carbocycles. The minimum atomic E-state index is -0.410. The molecule has 0 bridgehead atoms. The zero-order chi connectivity index (χ0) is 18.1. The number of ether oxygens (including phenoxy) is 1. The van der Waals surface area contributed by atoms with Gasteiger partial charge in [-0.25, -0.2) is 0 Å². The second-order valence-electron chi connectivity index (χ2n) is 6.38. The zero-order valence-corrected chi connectivity index (χ0v) is 14.5. The molecule has 0 saturated carbocycles. The molecule has 0 aliphatic heterocycles. The van der Waals surface area contributed by atoms with Crippen molar-refractivity contribution in [3.63, 3.8) is 0 Å². The lowest BCUT2D eigenvalue weighted by Gasteiger charge is -2.15. The van der Waals surface area contributed by atoms with E-state index in [1.54, 1.807) is 30.3 Å². The second kappa shape index (κ2) is 6.51. The molecule has 2 N–H and O–H groups in total. The van der Waals surface area contributed by atoms with Crippen LogP contribution in [0.3, 0.4) is 0 Å². The topological polar surface area (TPSA) is 71.7 Å². The average Bonchev–Trinajstić information content (AvgIpc) is 2.82. The summed E-state index contributed by atoms with van der Waals surface area (Å²) in [6, 6.07) is 12.1. The normalized spacial score (nSPS) is 11.2. The number of fused-ring (bicyclic) bond motifs is 1. The molecule has 0 aliphatic carbocycles. The lowest BCUT2D eigenvalue weighted by molar-refractivity contribution is -0.131. The Bertz CT molecular complexity index is 940. The molecule has 0 atom stereocenters. The number of rotatable bonds is 4. The number of nitrogens with zero attached hydrogens (tertiary/aromatic N) is 1. The van der Waals surface area contributed by atoms with Crippen molar-refractivity contribution in [2.75, 3.05) is 0 Å². The van der Waals surface area contributed by atoms with Crippen LogP contribution < -0.4 is 4.74 Å². The third-order valence-electron chi connectivity index (χ3n) is 4.15. The van der Waals surface area contributed by atoms with Crippen molar-refractivity contribution in [2.45, 2.75) is 33.2 Å². The average molecular weight is 339 g/mol. The number of phenolic OH excluding ortho intramolecular Hbond substituents is 2. The van der Waals surface area contributed by atoms with E-state index >= 15 is 0 Å². The van der Waals surface area contributed by atoms with Gasteiger partial charge in [-0.05, 0) is 30.2 Å². The number of benzene rings is 2. The monoisotopic (exact) mass is 339 g/mol. The van der Waals surface area contributed by atoms with Gasteiger partial charge in [0.25, 0.3) is 0 Å². The molecule has 0 amide bonds. The highest BCUT2D eigenvalue weighted by molar-refractivity contribution is 5.92. The number of para-hydroxylation sites is 1. The Hall–Kier alpha value is -2.95. The van der Waals surface area contributed by atoms with E-state index in [1.807, 2.05) is 30.5 Å². The Morgan fingerprint density at radius 1 is 1.16 bits per heavy atom. The summed E-state index contributed by atoms with van der Waals surface area (Å²) in [5.41, 5.74) is 2.45. The Morgan fingerprint density at radius 2 is 1.88 bits per heavy atom. The van der Waals surface area contributed by atoms with Crippen LogP contribution >= 0.6 is 0 Å². The van der Waals surface area contributed by atoms with Gasteiger partial charge in [0.2, 0.25) is 0 Å². The van der Waals surface area contributed by atoms with Gasteiger partial charge in [0.15, 0.2) is 5.75 Å². The minimum absolute atomic E-state index is 0.0785. The molecule has 0 saturated heterocycles. The fraction of sp³-hybridized carbons (Fsp3) is 0.250. The van der Waals surface area contributed by atoms with E-state index in [2.05, 4.69) is 0 Å². The molecule has 130 valence electrons. The highest BCUT2D eigenvalue weighted by Crippen LogP contribution is 2.40. The van der Waals surface area contributed by atoms with Crippen molar-refractivity contribution in [1.82, 2.24) is 4.57 Å². The van der Waals surface area contributed by atoms with Gasteiger partial charge in [-0.2, -0.15) is 0 Å². The van der Waals surface area contributed by atoms with Crippen LogP contribution in [0, 0.1) is 0 Å². The maximum absolute atomic E-state index is 11.6. The lowest BCUT2D eigenvalue weighted by atomic mass is 10.1. The predicted molar refractivity (Wildman–Crippen MR) is 96.2 cm³/mol. The SMILES string of the molecule is CC(=O)Oc1c(C(C)C)n(Cc2ccccc2O)c2ccc(O)cc12. The smallest absolute Gasteiger partial charge is 0.308 e. The fourth-order valence-electron chi connectivity index (χ4n) is 3.14. The van der Waals surface area contributed by atoms with Gasteiger partial charge in [0.1, 0.15) is 11.5 Å². The van der Waals surface area contributed by atoms with Gasteiger partial charge in [0, 0.05) is 17.9 Å². The molecule has 1 aromatic heterocycles. The molecule has 3 rings (SSSR count). The molecule has 25 heavy (non-hydrogen) atoms. The molecule has 0 spiro atoms. The molecule has 3 aromatic rings. The predicted octanol–water partition coefficient (Wildman–Crippen LogP) is 4.15. The van der Waals surface area contributed by atoms with Gasteiger partial charge in [-0.1, -0.05) is 32.0 Å². The van der Waals surface area contributed by atoms with Gasteiger partial charge in [-0.3, -0.25) is 4.79 Å². The van der Waals surface area contributed by atoms with Crippen molar-refractivity contribution in [2.24, 2.45) is 0 Å². The molecule has 0 aliphatic rings. The number of carbonyl (C=O) groups is 1. The fourth-order valence-corrected chi connectivity index (χ4v) is 3.14. The van der Waals surface area contributed by atoms with E-state index in [-0.39, 0.29) is 17.4 Å². The summed E-state index contributed by atoms with van der Waals surface area (Å²) in [5.74, 6) is 0.452. The summed E-state index contributed by atoms with van der Waals surface area (Å²) in [5, 5.41) is 20.7. The lowest BCUT2D eigenvalue weighted by Crippen LogP contribution is -2.09. The van der Waals surface area contributed by atoms with Gasteiger partial charge in [0.05, 0.1) is 17.8 Å². The van der Waals surface area contributed by atoms with Gasteiger partial charge >= 0.3 is 5.97 Å². The van der Waals surface area contributed by atoms with Crippen molar-refractivity contribution in [3.8, 4) is 17.2 Å². The van der Waals surface area contributed by atoms with E-state index in [9.17, 15) is 15.0 Å². The number of aromatic nitrogens is 1. The summed E-state index contributed by atoms with van der Waals surface area (Å²) in [6.07, 6.45) is 0. The Balaban J connectivity index is 2.27. The first-order valence-corrected chi connectivity index (χ1v) is 8.19. The van der Waals surface area contributed by atoms with Crippen LogP contribution in [0.25, 0.3) is 10.9 Å². The maximum atomic E-state index is 11.6. The number of aromatic hydroxyl groups is 2. The standard InChI is InChI=1S/C20H21NO4/c1-12(2)19-20(25-13(3)22)16-10-15(23)8-9-17(16)21(19)11-14-6-4-5-7-18(14)24/h4-10,12,23-24H,11H2,1-3H3. The molecule has 5 nitrogen and oxygen atoms in total. The summed E-state index contributed by atoms with van der Waals surface area (Å²) < 4.78 is 7.51. The number of hydrogen-bond donors (Lipinski definition) is 2. The van der Waals surface area contributed by atoms with E-state index < -0.39 is 5.97 Å². The third-order valence-corrected chi connectivity index (χ3v) is 4.15. The van der Waals surface area contributed by atoms with E-state index in [1.165, 1.54) is 6.92 Å². The summed E-state index contributed by atoms with van der Waals surface area (Å²) in [7, 11) is 0. The molecule has 0 fully saturated rings. The molecular weight excluding hydrogens is 318 g/mol. The number of hydrogen-bond acceptors (Lipinski definition) is 4. The van der Waals surface area contributed by atoms with E-state index in [0.29, 0.717) is 17.7 Å². The minimum Gasteiger partial charge on any atom is -0.508 e. The molecule has 1 heterocycles. The van der Waals surface area contributed by atoms with Crippen LogP contribution in [0.1, 0.15) is 37.9 Å². The van der Waals surface area contributed by atoms with Gasteiger partial charge in [-0.15, -0.1) is 0 Å². The zero-order valence-electron chi connectivity index (χ0n) is 14.5. The van der Waals surface area contributed by atoms with Crippen LogP contribution in [0.5, 0.6) is 17.2 Å². The van der Waals surface area contributed by atoms with E-state index in [0.717, 1.165) is 16.8 Å². The number of esters is 1. The largest absolute Gasteiger partial charge is 0.508 e.